The first-order valence-electron chi connectivity index (χ1n) is 15.5. The molecule has 2 fully saturated rings. The largest absolute Gasteiger partial charge is 0.462 e. The molecule has 240 valence electrons. The molecule has 1 unspecified atom stereocenters. The van der Waals surface area contributed by atoms with Gasteiger partial charge in [-0.05, 0) is 57.3 Å². The lowest BCUT2D eigenvalue weighted by Gasteiger charge is -2.34. The molecule has 0 aliphatic carbocycles. The number of carbonyl (C=O) groups excluding carboxylic acids is 1. The number of halogens is 2. The molecule has 11 heteroatoms. The van der Waals surface area contributed by atoms with Crippen molar-refractivity contribution in [2.45, 2.75) is 38.3 Å². The van der Waals surface area contributed by atoms with Crippen LogP contribution in [0.25, 0.3) is 32.9 Å². The number of hydrogen-bond acceptors (Lipinski definition) is 8. The molecule has 9 nitrogen and oxygen atoms in total. The Hall–Kier alpha value is -5.13. The Morgan fingerprint density at radius 2 is 2.09 bits per heavy atom. The summed E-state index contributed by atoms with van der Waals surface area (Å²) in [6.07, 6.45) is 10.9. The Morgan fingerprint density at radius 1 is 1.28 bits per heavy atom. The van der Waals surface area contributed by atoms with Crippen LogP contribution in [0.2, 0.25) is 0 Å². The van der Waals surface area contributed by atoms with Gasteiger partial charge in [-0.2, -0.15) is 15.2 Å². The fraction of sp³-hybridized carbons (Fsp3) is 0.361. The third-order valence-electron chi connectivity index (χ3n) is 9.62. The van der Waals surface area contributed by atoms with Crippen LogP contribution in [0.3, 0.4) is 0 Å². The van der Waals surface area contributed by atoms with Gasteiger partial charge >= 0.3 is 6.01 Å². The summed E-state index contributed by atoms with van der Waals surface area (Å²) in [4.78, 5) is 32.1. The van der Waals surface area contributed by atoms with Crippen molar-refractivity contribution in [3.05, 3.63) is 66.4 Å². The number of carbonyl (C=O) groups is 1. The maximum atomic E-state index is 16.8. The van der Waals surface area contributed by atoms with E-state index >= 15 is 4.39 Å². The van der Waals surface area contributed by atoms with Crippen molar-refractivity contribution >= 4 is 33.4 Å². The van der Waals surface area contributed by atoms with Crippen LogP contribution >= 0.6 is 0 Å². The third kappa shape index (κ3) is 5.61. The molecule has 0 saturated carbocycles. The number of fused-ring (bicyclic) bond motifs is 2. The fourth-order valence-electron chi connectivity index (χ4n) is 6.79. The number of aromatic nitrogens is 3. The van der Waals surface area contributed by atoms with Gasteiger partial charge in [0, 0.05) is 43.3 Å². The lowest BCUT2D eigenvalue weighted by Crippen LogP contribution is -2.47. The molecule has 2 aromatic carbocycles. The van der Waals surface area contributed by atoms with Crippen molar-refractivity contribution in [3.8, 4) is 35.7 Å². The average molecular weight is 636 g/mol. The smallest absolute Gasteiger partial charge is 0.319 e. The second-order valence-corrected chi connectivity index (χ2v) is 12.5. The minimum atomic E-state index is -0.822. The van der Waals surface area contributed by atoms with Crippen molar-refractivity contribution in [2.75, 3.05) is 45.2 Å². The summed E-state index contributed by atoms with van der Waals surface area (Å²) in [6.45, 7) is 7.36. The summed E-state index contributed by atoms with van der Waals surface area (Å²) in [7, 11) is 3.79. The highest BCUT2D eigenvalue weighted by Crippen LogP contribution is 2.39. The summed E-state index contributed by atoms with van der Waals surface area (Å²) < 4.78 is 37.7. The molecule has 0 bridgehead atoms. The van der Waals surface area contributed by atoms with Crippen LogP contribution < -0.4 is 9.64 Å². The zero-order valence-corrected chi connectivity index (χ0v) is 26.6. The standard InChI is InChI=1S/C36H35F2N7O2/c1-6-24-27(37)14-13-22-10-8-12-25(30(22)24)32-31(38)33-26(18-40-32)34(42-35(41-33)47-20-23-11-9-16-43(23)4)44(5)19-28-36(3,21-39)15-17-45(28)29(46)7-2/h1,7-8,10,12-14,18,23,28H,2,9,11,15-17,19-20H2,3-5H3/t23-,28+,36?/m0/s1. The SMILES string of the molecule is C#Cc1c(F)ccc2cccc(-c3ncc4c(N(C)C[C@H]5N(C(=O)C=C)CCC5(C)C#N)nc(OC[C@@H]5CCCN5C)nc4c3F)c12. The quantitative estimate of drug-likeness (QED) is 0.189. The minimum Gasteiger partial charge on any atom is -0.462 e. The number of hydrogen-bond donors (Lipinski definition) is 0. The van der Waals surface area contributed by atoms with Gasteiger partial charge in [0.1, 0.15) is 29.5 Å². The number of benzene rings is 2. The van der Waals surface area contributed by atoms with E-state index in [0.29, 0.717) is 47.1 Å². The van der Waals surface area contributed by atoms with E-state index in [1.54, 1.807) is 41.1 Å². The molecule has 0 spiro atoms. The zero-order valence-electron chi connectivity index (χ0n) is 26.6. The van der Waals surface area contributed by atoms with E-state index in [0.717, 1.165) is 19.4 Å². The van der Waals surface area contributed by atoms with Crippen LogP contribution in [-0.2, 0) is 4.79 Å². The Kier molecular flexibility index (Phi) is 8.52. The minimum absolute atomic E-state index is 0.0162. The number of nitrogens with zero attached hydrogens (tertiary/aromatic N) is 7. The molecule has 2 aliphatic rings. The van der Waals surface area contributed by atoms with E-state index in [-0.39, 0.29) is 41.3 Å². The van der Waals surface area contributed by atoms with Crippen LogP contribution in [0.1, 0.15) is 31.7 Å². The molecular weight excluding hydrogens is 600 g/mol. The number of likely N-dealkylation sites (tertiary alicyclic amines) is 2. The Bertz CT molecular complexity index is 1990. The summed E-state index contributed by atoms with van der Waals surface area (Å²) in [6, 6.07) is 10.1. The highest BCUT2D eigenvalue weighted by molar-refractivity contribution is 6.02. The molecule has 2 aromatic heterocycles. The number of amides is 1. The van der Waals surface area contributed by atoms with E-state index in [4.69, 9.17) is 16.1 Å². The molecule has 4 heterocycles. The van der Waals surface area contributed by atoms with Gasteiger partial charge < -0.3 is 19.4 Å². The van der Waals surface area contributed by atoms with Crippen LogP contribution in [0.15, 0.2) is 49.2 Å². The average Bonchev–Trinajstić information content (AvgIpc) is 3.65. The predicted molar refractivity (Wildman–Crippen MR) is 177 cm³/mol. The lowest BCUT2D eigenvalue weighted by atomic mass is 9.83. The van der Waals surface area contributed by atoms with E-state index < -0.39 is 23.1 Å². The maximum absolute atomic E-state index is 16.8. The highest BCUT2D eigenvalue weighted by atomic mass is 19.1. The van der Waals surface area contributed by atoms with Gasteiger partial charge in [-0.1, -0.05) is 36.8 Å². The fourth-order valence-corrected chi connectivity index (χ4v) is 6.79. The van der Waals surface area contributed by atoms with Crippen LogP contribution in [0, 0.1) is 40.7 Å². The normalized spacial score (nSPS) is 21.1. The van der Waals surface area contributed by atoms with E-state index in [2.05, 4.69) is 33.4 Å². The van der Waals surface area contributed by atoms with Gasteiger partial charge in [0.05, 0.1) is 28.5 Å². The summed E-state index contributed by atoms with van der Waals surface area (Å²) in [5.74, 6) is 1.13. The molecule has 0 N–H and O–H groups in total. The Morgan fingerprint density at radius 3 is 2.79 bits per heavy atom. The van der Waals surface area contributed by atoms with Gasteiger partial charge in [0.15, 0.2) is 5.82 Å². The number of terminal acetylenes is 1. The van der Waals surface area contributed by atoms with Crippen molar-refractivity contribution < 1.29 is 18.3 Å². The Labute approximate surface area is 272 Å². The highest BCUT2D eigenvalue weighted by Gasteiger charge is 2.46. The van der Waals surface area contributed by atoms with Gasteiger partial charge in [-0.15, -0.1) is 6.42 Å². The summed E-state index contributed by atoms with van der Waals surface area (Å²) in [5.41, 5.74) is -0.562. The van der Waals surface area contributed by atoms with E-state index in [1.807, 2.05) is 14.0 Å². The molecule has 0 radical (unpaired) electrons. The van der Waals surface area contributed by atoms with Crippen molar-refractivity contribution in [3.63, 3.8) is 0 Å². The Balaban J connectivity index is 1.48. The second kappa shape index (κ2) is 12.6. The number of rotatable bonds is 8. The predicted octanol–water partition coefficient (Wildman–Crippen LogP) is 5.33. The van der Waals surface area contributed by atoms with Crippen molar-refractivity contribution in [1.29, 1.82) is 5.26 Å². The molecule has 2 saturated heterocycles. The lowest BCUT2D eigenvalue weighted by molar-refractivity contribution is -0.127. The van der Waals surface area contributed by atoms with Gasteiger partial charge in [0.25, 0.3) is 0 Å². The van der Waals surface area contributed by atoms with Gasteiger partial charge in [-0.3, -0.25) is 9.78 Å². The molecule has 3 atom stereocenters. The molecule has 47 heavy (non-hydrogen) atoms. The number of anilines is 1. The van der Waals surface area contributed by atoms with Gasteiger partial charge in [0.2, 0.25) is 5.91 Å². The number of ether oxygens (including phenoxy) is 1. The van der Waals surface area contributed by atoms with E-state index in [9.17, 15) is 14.4 Å². The molecule has 2 aliphatic heterocycles. The monoisotopic (exact) mass is 635 g/mol. The van der Waals surface area contributed by atoms with Gasteiger partial charge in [-0.25, -0.2) is 8.78 Å². The molecule has 1 amide bonds. The maximum Gasteiger partial charge on any atom is 0.319 e. The molecular formula is C36H35F2N7O2. The second-order valence-electron chi connectivity index (χ2n) is 12.5. The summed E-state index contributed by atoms with van der Waals surface area (Å²) >= 11 is 0. The van der Waals surface area contributed by atoms with Crippen molar-refractivity contribution in [1.82, 2.24) is 24.8 Å². The molecule has 6 rings (SSSR count). The number of pyridine rings is 1. The number of likely N-dealkylation sites (N-methyl/N-ethyl adjacent to an activating group) is 2. The first kappa shape index (κ1) is 31.8. The number of nitriles is 1. The summed E-state index contributed by atoms with van der Waals surface area (Å²) in [5, 5.41) is 11.4. The first-order valence-corrected chi connectivity index (χ1v) is 15.5. The van der Waals surface area contributed by atoms with Crippen molar-refractivity contribution in [2.24, 2.45) is 5.41 Å². The van der Waals surface area contributed by atoms with Crippen LogP contribution in [-0.4, -0.2) is 83.1 Å². The zero-order chi connectivity index (χ0) is 33.5. The first-order chi connectivity index (χ1) is 22.6. The van der Waals surface area contributed by atoms with E-state index in [1.165, 1.54) is 18.3 Å². The van der Waals surface area contributed by atoms with Crippen LogP contribution in [0.4, 0.5) is 14.6 Å². The van der Waals surface area contributed by atoms with Crippen LogP contribution in [0.5, 0.6) is 6.01 Å². The topological polar surface area (TPSA) is 98.5 Å². The molecule has 4 aromatic rings. The third-order valence-corrected chi connectivity index (χ3v) is 9.62.